The van der Waals surface area contributed by atoms with E-state index >= 15 is 0 Å². The van der Waals surface area contributed by atoms with Gasteiger partial charge in [-0.15, -0.1) is 0 Å². The number of halogens is 1. The molecule has 0 radical (unpaired) electrons. The van der Waals surface area contributed by atoms with Gasteiger partial charge in [-0.3, -0.25) is 4.79 Å². The summed E-state index contributed by atoms with van der Waals surface area (Å²) in [6.07, 6.45) is 2.33. The van der Waals surface area contributed by atoms with Crippen molar-refractivity contribution in [3.8, 4) is 11.1 Å². The van der Waals surface area contributed by atoms with Crippen LogP contribution in [0.25, 0.3) is 11.1 Å². The highest BCUT2D eigenvalue weighted by atomic mass is 35.5. The van der Waals surface area contributed by atoms with E-state index in [9.17, 15) is 4.79 Å². The molecule has 1 atom stereocenters. The molecule has 1 nitrogen and oxygen atoms in total. The van der Waals surface area contributed by atoms with Gasteiger partial charge in [-0.2, -0.15) is 0 Å². The van der Waals surface area contributed by atoms with Crippen molar-refractivity contribution in [3.63, 3.8) is 0 Å². The molecule has 1 unspecified atom stereocenters. The molecular formula is C18H19ClO. The van der Waals surface area contributed by atoms with E-state index in [4.69, 9.17) is 11.6 Å². The molecule has 0 aromatic heterocycles. The Morgan fingerprint density at radius 1 is 1.00 bits per heavy atom. The van der Waals surface area contributed by atoms with Crippen LogP contribution >= 0.6 is 11.6 Å². The third-order valence-electron chi connectivity index (χ3n) is 3.68. The van der Waals surface area contributed by atoms with E-state index in [0.717, 1.165) is 23.5 Å². The number of rotatable bonds is 5. The lowest BCUT2D eigenvalue weighted by Gasteiger charge is -2.09. The lowest BCUT2D eigenvalue weighted by molar-refractivity contribution is 0.108. The molecule has 2 rings (SSSR count). The molecule has 2 heteroatoms. The van der Waals surface area contributed by atoms with Crippen LogP contribution in [0.4, 0.5) is 0 Å². The first kappa shape index (κ1) is 14.8. The van der Waals surface area contributed by atoms with E-state index in [2.05, 4.69) is 38.1 Å². The first-order chi connectivity index (χ1) is 9.60. The maximum Gasteiger partial charge on any atom is 0.252 e. The van der Waals surface area contributed by atoms with E-state index in [1.807, 2.05) is 12.1 Å². The van der Waals surface area contributed by atoms with Gasteiger partial charge < -0.3 is 0 Å². The van der Waals surface area contributed by atoms with Crippen molar-refractivity contribution >= 4 is 16.8 Å². The van der Waals surface area contributed by atoms with Gasteiger partial charge in [0.1, 0.15) is 0 Å². The van der Waals surface area contributed by atoms with E-state index < -0.39 is 5.24 Å². The molecule has 2 aromatic carbocycles. The predicted molar refractivity (Wildman–Crippen MR) is 85.2 cm³/mol. The van der Waals surface area contributed by atoms with Gasteiger partial charge >= 0.3 is 0 Å². The minimum Gasteiger partial charge on any atom is -0.276 e. The average molecular weight is 287 g/mol. The third-order valence-corrected chi connectivity index (χ3v) is 3.90. The molecular weight excluding hydrogens is 268 g/mol. The summed E-state index contributed by atoms with van der Waals surface area (Å²) >= 11 is 5.45. The monoisotopic (exact) mass is 286 g/mol. The van der Waals surface area contributed by atoms with Crippen LogP contribution in [-0.4, -0.2) is 5.24 Å². The lowest BCUT2D eigenvalue weighted by atomic mass is 9.96. The summed E-state index contributed by atoms with van der Waals surface area (Å²) in [4.78, 5) is 11.0. The smallest absolute Gasteiger partial charge is 0.252 e. The molecule has 0 aliphatic carbocycles. The number of carbonyl (C=O) groups excluding carboxylic acids is 1. The Kier molecular flexibility index (Phi) is 4.97. The minimum atomic E-state index is -0.416. The van der Waals surface area contributed by atoms with E-state index in [1.54, 1.807) is 12.1 Å². The van der Waals surface area contributed by atoms with Crippen LogP contribution in [0.2, 0.25) is 0 Å². The van der Waals surface area contributed by atoms with E-state index in [-0.39, 0.29) is 0 Å². The summed E-state index contributed by atoms with van der Waals surface area (Å²) in [5.74, 6) is 0.717. The molecule has 0 saturated carbocycles. The van der Waals surface area contributed by atoms with Crippen LogP contribution in [0.3, 0.4) is 0 Å². The van der Waals surface area contributed by atoms with Crippen molar-refractivity contribution in [3.05, 3.63) is 59.7 Å². The Labute approximate surface area is 125 Å². The maximum atomic E-state index is 11.0. The zero-order valence-corrected chi connectivity index (χ0v) is 12.7. The van der Waals surface area contributed by atoms with E-state index in [1.165, 1.54) is 12.0 Å². The second-order valence-electron chi connectivity index (χ2n) is 5.27. The summed E-state index contributed by atoms with van der Waals surface area (Å²) in [6, 6.07) is 16.0. The summed E-state index contributed by atoms with van der Waals surface area (Å²) in [7, 11) is 0. The predicted octanol–water partition coefficient (Wildman–Crippen LogP) is 5.32. The van der Waals surface area contributed by atoms with Crippen LogP contribution in [0.5, 0.6) is 0 Å². The van der Waals surface area contributed by atoms with Gasteiger partial charge in [0, 0.05) is 5.56 Å². The molecule has 0 aliphatic heterocycles. The molecule has 0 fully saturated rings. The van der Waals surface area contributed by atoms with Crippen molar-refractivity contribution in [2.75, 3.05) is 0 Å². The van der Waals surface area contributed by atoms with Gasteiger partial charge in [0.15, 0.2) is 0 Å². The highest BCUT2D eigenvalue weighted by Gasteiger charge is 2.04. The summed E-state index contributed by atoms with van der Waals surface area (Å²) < 4.78 is 0. The Bertz CT molecular complexity index is 569. The fourth-order valence-electron chi connectivity index (χ4n) is 2.17. The molecule has 0 N–H and O–H groups in total. The van der Waals surface area contributed by atoms with Crippen LogP contribution in [0.1, 0.15) is 36.2 Å². The lowest BCUT2D eigenvalue weighted by Crippen LogP contribution is -1.97. The molecule has 2 aromatic rings. The van der Waals surface area contributed by atoms with Crippen molar-refractivity contribution in [2.24, 2.45) is 5.92 Å². The summed E-state index contributed by atoms with van der Waals surface area (Å²) in [6.45, 7) is 4.49. The van der Waals surface area contributed by atoms with Crippen LogP contribution in [-0.2, 0) is 6.42 Å². The van der Waals surface area contributed by atoms with Crippen molar-refractivity contribution in [1.29, 1.82) is 0 Å². The molecule has 0 heterocycles. The molecule has 0 spiro atoms. The van der Waals surface area contributed by atoms with Gasteiger partial charge in [0.05, 0.1) is 0 Å². The topological polar surface area (TPSA) is 17.1 Å². The quantitative estimate of drug-likeness (QED) is 0.680. The standard InChI is InChI=1S/C18H19ClO/c1-3-13(2)12-14-4-6-15(7-5-14)16-8-10-17(11-9-16)18(19)20/h4-11,13H,3,12H2,1-2H3. The van der Waals surface area contributed by atoms with Gasteiger partial charge in [-0.25, -0.2) is 0 Å². The first-order valence-corrected chi connectivity index (χ1v) is 7.37. The summed E-state index contributed by atoms with van der Waals surface area (Å²) in [5, 5.41) is -0.416. The fraction of sp³-hybridized carbons (Fsp3) is 0.278. The second kappa shape index (κ2) is 6.71. The van der Waals surface area contributed by atoms with Crippen molar-refractivity contribution < 1.29 is 4.79 Å². The zero-order valence-electron chi connectivity index (χ0n) is 11.9. The maximum absolute atomic E-state index is 11.0. The van der Waals surface area contributed by atoms with Crippen LogP contribution < -0.4 is 0 Å². The molecule has 104 valence electrons. The van der Waals surface area contributed by atoms with Crippen LogP contribution in [0.15, 0.2) is 48.5 Å². The van der Waals surface area contributed by atoms with Gasteiger partial charge in [0.2, 0.25) is 0 Å². The third kappa shape index (κ3) is 3.71. The Hall–Kier alpha value is -1.60. The van der Waals surface area contributed by atoms with Crippen LogP contribution in [0, 0.1) is 5.92 Å². The van der Waals surface area contributed by atoms with Crippen molar-refractivity contribution in [1.82, 2.24) is 0 Å². The highest BCUT2D eigenvalue weighted by molar-refractivity contribution is 6.67. The molecule has 20 heavy (non-hydrogen) atoms. The van der Waals surface area contributed by atoms with Crippen molar-refractivity contribution in [2.45, 2.75) is 26.7 Å². The largest absolute Gasteiger partial charge is 0.276 e. The molecule has 0 amide bonds. The Balaban J connectivity index is 2.15. The van der Waals surface area contributed by atoms with E-state index in [0.29, 0.717) is 5.56 Å². The number of hydrogen-bond acceptors (Lipinski definition) is 1. The summed E-state index contributed by atoms with van der Waals surface area (Å²) in [5.41, 5.74) is 4.16. The average Bonchev–Trinajstić information content (AvgIpc) is 2.48. The van der Waals surface area contributed by atoms with Gasteiger partial charge in [-0.05, 0) is 52.8 Å². The number of hydrogen-bond donors (Lipinski definition) is 0. The fourth-order valence-corrected chi connectivity index (χ4v) is 2.30. The zero-order chi connectivity index (χ0) is 14.5. The Morgan fingerprint density at radius 3 is 1.95 bits per heavy atom. The first-order valence-electron chi connectivity index (χ1n) is 6.99. The number of carbonyl (C=O) groups is 1. The molecule has 0 aliphatic rings. The van der Waals surface area contributed by atoms with Gasteiger partial charge in [0.25, 0.3) is 5.24 Å². The molecule has 0 bridgehead atoms. The second-order valence-corrected chi connectivity index (χ2v) is 5.61. The number of benzene rings is 2. The minimum absolute atomic E-state index is 0.416. The molecule has 0 saturated heterocycles. The highest BCUT2D eigenvalue weighted by Crippen LogP contribution is 2.22. The SMILES string of the molecule is CCC(C)Cc1ccc(-c2ccc(C(=O)Cl)cc2)cc1. The normalized spacial score (nSPS) is 12.2. The van der Waals surface area contributed by atoms with Gasteiger partial charge in [-0.1, -0.05) is 56.7 Å². The Morgan fingerprint density at radius 2 is 1.50 bits per heavy atom.